The Morgan fingerprint density at radius 1 is 1.05 bits per heavy atom. The molecule has 0 amide bonds. The predicted molar refractivity (Wildman–Crippen MR) is 78.5 cm³/mol. The van der Waals surface area contributed by atoms with Gasteiger partial charge in [0.15, 0.2) is 0 Å². The largest absolute Gasteiger partial charge is 0.266 e. The number of rotatable bonds is 3. The molecular weight excluding hydrogens is 324 g/mol. The first-order valence-corrected chi connectivity index (χ1v) is 7.72. The van der Waals surface area contributed by atoms with Crippen LogP contribution in [0.3, 0.4) is 0 Å². The Morgan fingerprint density at radius 3 is 2.30 bits per heavy atom. The molecule has 20 heavy (non-hydrogen) atoms. The molecule has 3 nitrogen and oxygen atoms in total. The topological polar surface area (TPSA) is 37.4 Å². The van der Waals surface area contributed by atoms with Crippen molar-refractivity contribution >= 4 is 38.9 Å². The van der Waals surface area contributed by atoms with Gasteiger partial charge in [-0.05, 0) is 30.3 Å². The van der Waals surface area contributed by atoms with Crippen LogP contribution in [-0.2, 0) is 10.0 Å². The van der Waals surface area contributed by atoms with Gasteiger partial charge < -0.3 is 0 Å². The van der Waals surface area contributed by atoms with Crippen molar-refractivity contribution < 1.29 is 12.8 Å². The van der Waals surface area contributed by atoms with Crippen LogP contribution < -0.4 is 4.31 Å². The molecule has 0 spiro atoms. The molecule has 0 aliphatic carbocycles. The van der Waals surface area contributed by atoms with E-state index in [-0.39, 0.29) is 20.6 Å². The van der Waals surface area contributed by atoms with Crippen LogP contribution in [0.1, 0.15) is 0 Å². The summed E-state index contributed by atoms with van der Waals surface area (Å²) in [5.41, 5.74) is -0.0430. The first kappa shape index (κ1) is 15.1. The first-order chi connectivity index (χ1) is 9.34. The molecule has 0 aliphatic rings. The maximum atomic E-state index is 13.7. The number of hydrogen-bond acceptors (Lipinski definition) is 2. The fourth-order valence-electron chi connectivity index (χ4n) is 1.63. The third kappa shape index (κ3) is 2.75. The van der Waals surface area contributed by atoms with Crippen molar-refractivity contribution in [3.63, 3.8) is 0 Å². The van der Waals surface area contributed by atoms with Crippen molar-refractivity contribution in [2.75, 3.05) is 11.4 Å². The average molecular weight is 334 g/mol. The van der Waals surface area contributed by atoms with Gasteiger partial charge >= 0.3 is 0 Å². The van der Waals surface area contributed by atoms with E-state index in [2.05, 4.69) is 0 Å². The summed E-state index contributed by atoms with van der Waals surface area (Å²) < 4.78 is 39.4. The van der Waals surface area contributed by atoms with E-state index in [0.717, 1.165) is 4.31 Å². The van der Waals surface area contributed by atoms with Gasteiger partial charge in [-0.3, -0.25) is 4.31 Å². The van der Waals surface area contributed by atoms with Crippen LogP contribution in [0.15, 0.2) is 47.4 Å². The summed E-state index contributed by atoms with van der Waals surface area (Å²) in [7, 11) is -2.63. The molecular formula is C13H10Cl2FNO2S. The van der Waals surface area contributed by atoms with E-state index < -0.39 is 15.8 Å². The highest BCUT2D eigenvalue weighted by Gasteiger charge is 2.23. The number of para-hydroxylation sites is 1. The zero-order valence-electron chi connectivity index (χ0n) is 10.3. The molecule has 106 valence electrons. The summed E-state index contributed by atoms with van der Waals surface area (Å²) in [6.07, 6.45) is 0. The van der Waals surface area contributed by atoms with Gasteiger partial charge in [-0.2, -0.15) is 0 Å². The number of hydrogen-bond donors (Lipinski definition) is 0. The summed E-state index contributed by atoms with van der Waals surface area (Å²) in [6.45, 7) is 0. The molecule has 0 unspecified atom stereocenters. The fourth-order valence-corrected chi connectivity index (χ4v) is 3.22. The summed E-state index contributed by atoms with van der Waals surface area (Å²) in [5, 5.41) is 0.369. The van der Waals surface area contributed by atoms with Crippen LogP contribution >= 0.6 is 23.2 Å². The lowest BCUT2D eigenvalue weighted by Gasteiger charge is -2.20. The molecule has 0 atom stereocenters. The Kier molecular flexibility index (Phi) is 4.22. The second-order valence-corrected chi connectivity index (χ2v) is 6.78. The average Bonchev–Trinajstić information content (AvgIpc) is 2.41. The second kappa shape index (κ2) is 5.60. The highest BCUT2D eigenvalue weighted by Crippen LogP contribution is 2.29. The molecule has 0 radical (unpaired) electrons. The number of benzene rings is 2. The fraction of sp³-hybridized carbons (Fsp3) is 0.0769. The minimum absolute atomic E-state index is 0.0430. The standard InChI is InChI=1S/C13H10Cl2FNO2S/c1-17(13-5-3-2-4-12(13)16)20(18,19)9-6-7-10(14)11(15)8-9/h2-8H,1H3. The monoisotopic (exact) mass is 333 g/mol. The van der Waals surface area contributed by atoms with Crippen LogP contribution in [0.4, 0.5) is 10.1 Å². The van der Waals surface area contributed by atoms with Gasteiger partial charge in [-0.15, -0.1) is 0 Å². The van der Waals surface area contributed by atoms with E-state index in [1.807, 2.05) is 0 Å². The molecule has 0 fully saturated rings. The second-order valence-electron chi connectivity index (χ2n) is 4.00. The zero-order valence-corrected chi connectivity index (χ0v) is 12.7. The third-order valence-electron chi connectivity index (χ3n) is 2.74. The Hall–Kier alpha value is -1.30. The molecule has 0 saturated carbocycles. The smallest absolute Gasteiger partial charge is 0.264 e. The first-order valence-electron chi connectivity index (χ1n) is 5.52. The summed E-state index contributed by atoms with van der Waals surface area (Å²) >= 11 is 11.6. The lowest BCUT2D eigenvalue weighted by atomic mass is 10.3. The van der Waals surface area contributed by atoms with Crippen LogP contribution in [0.2, 0.25) is 10.0 Å². The van der Waals surface area contributed by atoms with Crippen molar-refractivity contribution in [3.05, 3.63) is 58.3 Å². The van der Waals surface area contributed by atoms with E-state index >= 15 is 0 Å². The predicted octanol–water partition coefficient (Wildman–Crippen LogP) is 3.96. The number of halogens is 3. The molecule has 0 bridgehead atoms. The molecule has 2 aromatic carbocycles. The maximum Gasteiger partial charge on any atom is 0.264 e. The van der Waals surface area contributed by atoms with E-state index in [1.165, 1.54) is 43.4 Å². The molecule has 7 heteroatoms. The van der Waals surface area contributed by atoms with E-state index in [4.69, 9.17) is 23.2 Å². The van der Waals surface area contributed by atoms with Crippen molar-refractivity contribution in [2.45, 2.75) is 4.90 Å². The minimum atomic E-state index is -3.90. The van der Waals surface area contributed by atoms with Crippen molar-refractivity contribution in [2.24, 2.45) is 0 Å². The number of nitrogens with zero attached hydrogens (tertiary/aromatic N) is 1. The molecule has 0 saturated heterocycles. The highest BCUT2D eigenvalue weighted by molar-refractivity contribution is 7.92. The molecule has 2 aromatic rings. The van der Waals surface area contributed by atoms with Gasteiger partial charge in [-0.1, -0.05) is 35.3 Å². The van der Waals surface area contributed by atoms with E-state index in [1.54, 1.807) is 6.07 Å². The lowest BCUT2D eigenvalue weighted by Crippen LogP contribution is -2.27. The van der Waals surface area contributed by atoms with Gasteiger partial charge in [0.25, 0.3) is 10.0 Å². The Balaban J connectivity index is 2.50. The minimum Gasteiger partial charge on any atom is -0.266 e. The number of sulfonamides is 1. The quantitative estimate of drug-likeness (QED) is 0.852. The zero-order chi connectivity index (χ0) is 14.9. The van der Waals surface area contributed by atoms with Crippen LogP contribution in [0, 0.1) is 5.82 Å². The summed E-state index contributed by atoms with van der Waals surface area (Å²) in [5.74, 6) is -0.626. The van der Waals surface area contributed by atoms with Crippen molar-refractivity contribution in [1.29, 1.82) is 0 Å². The Labute approximate surface area is 126 Å². The van der Waals surface area contributed by atoms with Crippen molar-refractivity contribution in [1.82, 2.24) is 0 Å². The SMILES string of the molecule is CN(c1ccccc1F)S(=O)(=O)c1ccc(Cl)c(Cl)c1. The molecule has 0 heterocycles. The van der Waals surface area contributed by atoms with Gasteiger partial charge in [0, 0.05) is 7.05 Å². The van der Waals surface area contributed by atoms with Gasteiger partial charge in [0.2, 0.25) is 0 Å². The van der Waals surface area contributed by atoms with Gasteiger partial charge in [-0.25, -0.2) is 12.8 Å². The van der Waals surface area contributed by atoms with Crippen LogP contribution in [0.5, 0.6) is 0 Å². The molecule has 0 N–H and O–H groups in total. The highest BCUT2D eigenvalue weighted by atomic mass is 35.5. The van der Waals surface area contributed by atoms with Crippen LogP contribution in [0.25, 0.3) is 0 Å². The van der Waals surface area contributed by atoms with Crippen molar-refractivity contribution in [3.8, 4) is 0 Å². The lowest BCUT2D eigenvalue weighted by molar-refractivity contribution is 0.589. The third-order valence-corrected chi connectivity index (χ3v) is 5.25. The Bertz CT molecular complexity index is 750. The molecule has 2 rings (SSSR count). The van der Waals surface area contributed by atoms with E-state index in [9.17, 15) is 12.8 Å². The van der Waals surface area contributed by atoms with E-state index in [0.29, 0.717) is 0 Å². The number of anilines is 1. The molecule has 0 aromatic heterocycles. The van der Waals surface area contributed by atoms with Gasteiger partial charge in [0.05, 0.1) is 20.6 Å². The van der Waals surface area contributed by atoms with Gasteiger partial charge in [0.1, 0.15) is 5.82 Å². The molecule has 0 aliphatic heterocycles. The summed E-state index contributed by atoms with van der Waals surface area (Å²) in [4.78, 5) is -0.0577. The Morgan fingerprint density at radius 2 is 1.70 bits per heavy atom. The normalized spacial score (nSPS) is 11.4. The summed E-state index contributed by atoms with van der Waals surface area (Å²) in [6, 6.07) is 9.54. The van der Waals surface area contributed by atoms with Crippen LogP contribution in [-0.4, -0.2) is 15.5 Å². The maximum absolute atomic E-state index is 13.7.